The van der Waals surface area contributed by atoms with Crippen LogP contribution in [0.2, 0.25) is 0 Å². The van der Waals surface area contributed by atoms with Gasteiger partial charge in [0.25, 0.3) is 0 Å². The fraction of sp³-hybridized carbons (Fsp3) is 0.417. The van der Waals surface area contributed by atoms with E-state index in [9.17, 15) is 4.79 Å². The molecule has 0 fully saturated rings. The summed E-state index contributed by atoms with van der Waals surface area (Å²) in [4.78, 5) is 11.8. The van der Waals surface area contributed by atoms with Crippen LogP contribution in [0.4, 0.5) is 0 Å². The number of ether oxygens (including phenoxy) is 3. The van der Waals surface area contributed by atoms with E-state index in [1.54, 1.807) is 24.3 Å². The topological polar surface area (TPSA) is 70.8 Å². The number of hydrogen-bond acceptors (Lipinski definition) is 5. The zero-order chi connectivity index (χ0) is 12.7. The Hall–Kier alpha value is -1.43. The van der Waals surface area contributed by atoms with Crippen LogP contribution in [0.25, 0.3) is 0 Å². The van der Waals surface area contributed by atoms with Crippen molar-refractivity contribution in [3.8, 4) is 5.75 Å². The minimum Gasteiger partial charge on any atom is -0.492 e. The predicted molar refractivity (Wildman–Crippen MR) is 63.1 cm³/mol. The second-order valence-corrected chi connectivity index (χ2v) is 3.33. The molecule has 0 aromatic heterocycles. The number of carbonyl (C=O) groups excluding carboxylic acids is 1. The Morgan fingerprint density at radius 1 is 1.24 bits per heavy atom. The lowest BCUT2D eigenvalue weighted by atomic mass is 10.1. The van der Waals surface area contributed by atoms with Crippen molar-refractivity contribution in [1.29, 1.82) is 0 Å². The van der Waals surface area contributed by atoms with Crippen molar-refractivity contribution in [2.45, 2.75) is 6.29 Å². The first-order chi connectivity index (χ1) is 8.22. The molecule has 0 aliphatic carbocycles. The monoisotopic (exact) mass is 239 g/mol. The summed E-state index contributed by atoms with van der Waals surface area (Å²) in [7, 11) is 2.84. The molecule has 1 aromatic rings. The Labute approximate surface area is 100 Å². The van der Waals surface area contributed by atoms with Gasteiger partial charge in [-0.2, -0.15) is 0 Å². The van der Waals surface area contributed by atoms with Gasteiger partial charge in [0.05, 0.1) is 0 Å². The number of carbonyl (C=O) groups is 1. The minimum absolute atomic E-state index is 0.222. The van der Waals surface area contributed by atoms with Crippen molar-refractivity contribution in [1.82, 2.24) is 0 Å². The highest BCUT2D eigenvalue weighted by Crippen LogP contribution is 2.14. The van der Waals surface area contributed by atoms with E-state index in [4.69, 9.17) is 19.9 Å². The fourth-order valence-corrected chi connectivity index (χ4v) is 1.34. The van der Waals surface area contributed by atoms with Crippen LogP contribution in [0, 0.1) is 0 Å². The van der Waals surface area contributed by atoms with Gasteiger partial charge in [0.1, 0.15) is 12.4 Å². The maximum Gasteiger partial charge on any atom is 0.222 e. The van der Waals surface area contributed by atoms with Crippen LogP contribution in [0.3, 0.4) is 0 Å². The lowest BCUT2D eigenvalue weighted by Gasteiger charge is -2.12. The molecular weight excluding hydrogens is 222 g/mol. The molecule has 5 nitrogen and oxygen atoms in total. The molecule has 0 bridgehead atoms. The zero-order valence-electron chi connectivity index (χ0n) is 10.0. The van der Waals surface area contributed by atoms with Crippen molar-refractivity contribution in [3.05, 3.63) is 29.8 Å². The van der Waals surface area contributed by atoms with E-state index in [1.807, 2.05) is 0 Å². The van der Waals surface area contributed by atoms with Gasteiger partial charge in [-0.3, -0.25) is 4.79 Å². The van der Waals surface area contributed by atoms with Gasteiger partial charge >= 0.3 is 0 Å². The molecule has 0 radical (unpaired) electrons. The van der Waals surface area contributed by atoms with Gasteiger partial charge in [-0.1, -0.05) is 0 Å². The largest absolute Gasteiger partial charge is 0.492 e. The van der Waals surface area contributed by atoms with Crippen LogP contribution in [-0.4, -0.2) is 39.4 Å². The SMILES string of the molecule is COC(OC)C(=O)c1ccc(OCCN)cc1. The summed E-state index contributed by atoms with van der Waals surface area (Å²) in [5.74, 6) is 0.457. The standard InChI is InChI=1S/C12H17NO4/c1-15-12(16-2)11(14)9-3-5-10(6-4-9)17-8-7-13/h3-6,12H,7-8,13H2,1-2H3. The van der Waals surface area contributed by atoms with Crippen molar-refractivity contribution < 1.29 is 19.0 Å². The average Bonchev–Trinajstić information content (AvgIpc) is 2.38. The quantitative estimate of drug-likeness (QED) is 0.563. The number of rotatable bonds is 7. The molecule has 0 aliphatic heterocycles. The molecule has 0 saturated carbocycles. The third kappa shape index (κ3) is 3.81. The van der Waals surface area contributed by atoms with E-state index in [0.717, 1.165) is 0 Å². The summed E-state index contributed by atoms with van der Waals surface area (Å²) < 4.78 is 15.1. The van der Waals surface area contributed by atoms with Crippen LogP contribution < -0.4 is 10.5 Å². The van der Waals surface area contributed by atoms with Crippen molar-refractivity contribution in [2.24, 2.45) is 5.73 Å². The number of Topliss-reactive ketones (excluding diaryl/α,β-unsaturated/α-hetero) is 1. The molecule has 0 amide bonds. The van der Waals surface area contributed by atoms with Crippen LogP contribution in [0.15, 0.2) is 24.3 Å². The van der Waals surface area contributed by atoms with Crippen LogP contribution in [0.5, 0.6) is 5.75 Å². The predicted octanol–water partition coefficient (Wildman–Crippen LogP) is 0.826. The van der Waals surface area contributed by atoms with Gasteiger partial charge < -0.3 is 19.9 Å². The first-order valence-corrected chi connectivity index (χ1v) is 5.25. The van der Waals surface area contributed by atoms with Crippen molar-refractivity contribution in [2.75, 3.05) is 27.4 Å². The second-order valence-electron chi connectivity index (χ2n) is 3.33. The first-order valence-electron chi connectivity index (χ1n) is 5.25. The third-order valence-electron chi connectivity index (χ3n) is 2.17. The Morgan fingerprint density at radius 2 is 1.82 bits per heavy atom. The third-order valence-corrected chi connectivity index (χ3v) is 2.17. The molecule has 0 saturated heterocycles. The summed E-state index contributed by atoms with van der Waals surface area (Å²) >= 11 is 0. The lowest BCUT2D eigenvalue weighted by Crippen LogP contribution is -2.24. The molecule has 17 heavy (non-hydrogen) atoms. The molecular formula is C12H17NO4. The Kier molecular flexibility index (Phi) is 5.62. The molecule has 0 spiro atoms. The van der Waals surface area contributed by atoms with E-state index in [2.05, 4.69) is 0 Å². The number of benzene rings is 1. The van der Waals surface area contributed by atoms with Gasteiger partial charge in [-0.25, -0.2) is 0 Å². The minimum atomic E-state index is -0.870. The van der Waals surface area contributed by atoms with E-state index in [1.165, 1.54) is 14.2 Å². The molecule has 5 heteroatoms. The highest BCUT2D eigenvalue weighted by Gasteiger charge is 2.18. The number of ketones is 1. The number of nitrogens with two attached hydrogens (primary N) is 1. The maximum absolute atomic E-state index is 11.8. The van der Waals surface area contributed by atoms with E-state index in [0.29, 0.717) is 24.5 Å². The van der Waals surface area contributed by atoms with Crippen molar-refractivity contribution in [3.63, 3.8) is 0 Å². The molecule has 1 aromatic carbocycles. The molecule has 0 heterocycles. The molecule has 0 atom stereocenters. The molecule has 2 N–H and O–H groups in total. The van der Waals surface area contributed by atoms with E-state index in [-0.39, 0.29) is 5.78 Å². The molecule has 94 valence electrons. The lowest BCUT2D eigenvalue weighted by molar-refractivity contribution is -0.0742. The second kappa shape index (κ2) is 7.01. The maximum atomic E-state index is 11.8. The Balaban J connectivity index is 2.69. The van der Waals surface area contributed by atoms with Gasteiger partial charge in [0.2, 0.25) is 12.1 Å². The zero-order valence-corrected chi connectivity index (χ0v) is 10.0. The molecule has 0 unspecified atom stereocenters. The van der Waals surface area contributed by atoms with E-state index < -0.39 is 6.29 Å². The summed E-state index contributed by atoms with van der Waals surface area (Å²) in [5, 5.41) is 0. The van der Waals surface area contributed by atoms with Crippen LogP contribution in [0.1, 0.15) is 10.4 Å². The fourth-order valence-electron chi connectivity index (χ4n) is 1.34. The average molecular weight is 239 g/mol. The molecule has 0 aliphatic rings. The normalized spacial score (nSPS) is 10.6. The van der Waals surface area contributed by atoms with Crippen molar-refractivity contribution >= 4 is 5.78 Å². The summed E-state index contributed by atoms with van der Waals surface area (Å²) in [6.45, 7) is 0.905. The van der Waals surface area contributed by atoms with Gasteiger partial charge in [0, 0.05) is 26.3 Å². The first kappa shape index (κ1) is 13.6. The Bertz CT molecular complexity index is 346. The van der Waals surface area contributed by atoms with Crippen LogP contribution >= 0.6 is 0 Å². The molecule has 1 rings (SSSR count). The number of hydrogen-bond donors (Lipinski definition) is 1. The smallest absolute Gasteiger partial charge is 0.222 e. The van der Waals surface area contributed by atoms with Crippen LogP contribution in [-0.2, 0) is 9.47 Å². The van der Waals surface area contributed by atoms with Gasteiger partial charge in [-0.05, 0) is 24.3 Å². The van der Waals surface area contributed by atoms with Gasteiger partial charge in [-0.15, -0.1) is 0 Å². The van der Waals surface area contributed by atoms with E-state index >= 15 is 0 Å². The summed E-state index contributed by atoms with van der Waals surface area (Å²) in [6.07, 6.45) is -0.870. The van der Waals surface area contributed by atoms with Gasteiger partial charge in [0.15, 0.2) is 0 Å². The number of methoxy groups -OCH3 is 2. The highest BCUT2D eigenvalue weighted by molar-refractivity contribution is 5.98. The highest BCUT2D eigenvalue weighted by atomic mass is 16.7. The summed E-state index contributed by atoms with van der Waals surface area (Å²) in [5.41, 5.74) is 5.83. The Morgan fingerprint density at radius 3 is 2.29 bits per heavy atom. The summed E-state index contributed by atoms with van der Waals surface area (Å²) in [6, 6.07) is 6.76.